The fourth-order valence-electron chi connectivity index (χ4n) is 2.95. The smallest absolute Gasteiger partial charge is 0.123 e. The second-order valence-electron chi connectivity index (χ2n) is 5.45. The summed E-state index contributed by atoms with van der Waals surface area (Å²) in [6.45, 7) is 3.57. The van der Waals surface area contributed by atoms with E-state index in [0.29, 0.717) is 31.2 Å². The van der Waals surface area contributed by atoms with Crippen LogP contribution in [0.1, 0.15) is 30.0 Å². The van der Waals surface area contributed by atoms with Crippen LogP contribution in [0.3, 0.4) is 0 Å². The number of anilines is 1. The van der Waals surface area contributed by atoms with E-state index in [1.165, 1.54) is 5.56 Å². The molecule has 0 bridgehead atoms. The molecular formula is C14H20FN3O. The average Bonchev–Trinajstić information content (AvgIpc) is 3.01. The molecule has 4 nitrogen and oxygen atoms in total. The van der Waals surface area contributed by atoms with E-state index in [2.05, 4.69) is 16.0 Å². The van der Waals surface area contributed by atoms with Gasteiger partial charge in [0, 0.05) is 32.2 Å². The normalized spacial score (nSPS) is 28.1. The van der Waals surface area contributed by atoms with Crippen molar-refractivity contribution in [2.24, 2.45) is 0 Å². The molecular weight excluding hydrogens is 245 g/mol. The topological polar surface area (TPSA) is 51.4 Å². The Kier molecular flexibility index (Phi) is 3.66. The first-order valence-electron chi connectivity index (χ1n) is 6.92. The average molecular weight is 265 g/mol. The van der Waals surface area contributed by atoms with Gasteiger partial charge < -0.3 is 10.5 Å². The minimum atomic E-state index is -0.695. The molecule has 2 atom stereocenters. The third kappa shape index (κ3) is 2.87. The van der Waals surface area contributed by atoms with Gasteiger partial charge in [-0.2, -0.15) is 0 Å². The summed E-state index contributed by atoms with van der Waals surface area (Å²) in [5.41, 5.74) is 8.00. The van der Waals surface area contributed by atoms with E-state index in [1.54, 1.807) is 0 Å². The number of hydrogen-bond donors (Lipinski definition) is 1. The maximum absolute atomic E-state index is 13.3. The molecule has 0 amide bonds. The highest BCUT2D eigenvalue weighted by molar-refractivity contribution is 5.36. The van der Waals surface area contributed by atoms with Crippen LogP contribution in [-0.4, -0.2) is 42.4 Å². The number of rotatable bonds is 3. The van der Waals surface area contributed by atoms with Gasteiger partial charge >= 0.3 is 0 Å². The SMILES string of the molecule is Nc1ccc(C2CCOC2)c(CN2CC[C@@H](F)C2)n1. The van der Waals surface area contributed by atoms with Crippen LogP contribution in [0.2, 0.25) is 0 Å². The lowest BCUT2D eigenvalue weighted by Gasteiger charge is -2.19. The Labute approximate surface area is 112 Å². The summed E-state index contributed by atoms with van der Waals surface area (Å²) < 4.78 is 18.7. The van der Waals surface area contributed by atoms with Crippen molar-refractivity contribution in [1.29, 1.82) is 0 Å². The van der Waals surface area contributed by atoms with E-state index in [0.717, 1.165) is 31.9 Å². The standard InChI is InChI=1S/C14H20FN3O/c15-11-3-5-18(7-11)8-13-12(1-2-14(16)17-13)10-4-6-19-9-10/h1-2,10-11H,3-9H2,(H2,16,17)/t10?,11-/m1/s1. The van der Waals surface area contributed by atoms with Gasteiger partial charge in [0.05, 0.1) is 12.3 Å². The van der Waals surface area contributed by atoms with Gasteiger partial charge in [0.1, 0.15) is 12.0 Å². The Morgan fingerprint density at radius 3 is 3.00 bits per heavy atom. The Morgan fingerprint density at radius 2 is 2.32 bits per heavy atom. The Balaban J connectivity index is 1.79. The van der Waals surface area contributed by atoms with Gasteiger partial charge in [-0.3, -0.25) is 4.90 Å². The highest BCUT2D eigenvalue weighted by Gasteiger charge is 2.26. The second-order valence-corrected chi connectivity index (χ2v) is 5.45. The first-order chi connectivity index (χ1) is 9.22. The highest BCUT2D eigenvalue weighted by atomic mass is 19.1. The lowest BCUT2D eigenvalue weighted by atomic mass is 9.96. The third-order valence-corrected chi connectivity index (χ3v) is 3.99. The van der Waals surface area contributed by atoms with Crippen molar-refractivity contribution in [1.82, 2.24) is 9.88 Å². The minimum Gasteiger partial charge on any atom is -0.384 e. The molecule has 1 aromatic heterocycles. The van der Waals surface area contributed by atoms with E-state index in [-0.39, 0.29) is 0 Å². The molecule has 1 aromatic rings. The molecule has 19 heavy (non-hydrogen) atoms. The number of hydrogen-bond acceptors (Lipinski definition) is 4. The lowest BCUT2D eigenvalue weighted by molar-refractivity contribution is 0.193. The number of nitrogens with zero attached hydrogens (tertiary/aromatic N) is 2. The van der Waals surface area contributed by atoms with E-state index in [9.17, 15) is 4.39 Å². The quantitative estimate of drug-likeness (QED) is 0.904. The third-order valence-electron chi connectivity index (χ3n) is 3.99. The molecule has 5 heteroatoms. The molecule has 2 aliphatic rings. The largest absolute Gasteiger partial charge is 0.384 e. The molecule has 2 N–H and O–H groups in total. The van der Waals surface area contributed by atoms with Crippen molar-refractivity contribution >= 4 is 5.82 Å². The molecule has 0 saturated carbocycles. The minimum absolute atomic E-state index is 0.409. The fourth-order valence-corrected chi connectivity index (χ4v) is 2.95. The van der Waals surface area contributed by atoms with Crippen LogP contribution >= 0.6 is 0 Å². The number of alkyl halides is 1. The molecule has 3 heterocycles. The van der Waals surface area contributed by atoms with Crippen molar-refractivity contribution in [3.63, 3.8) is 0 Å². The fraction of sp³-hybridized carbons (Fsp3) is 0.643. The Hall–Kier alpha value is -1.20. The Bertz CT molecular complexity index is 448. The number of halogens is 1. The maximum Gasteiger partial charge on any atom is 0.123 e. The predicted molar refractivity (Wildman–Crippen MR) is 71.6 cm³/mol. The van der Waals surface area contributed by atoms with Gasteiger partial charge in [0.2, 0.25) is 0 Å². The second kappa shape index (κ2) is 5.43. The molecule has 2 fully saturated rings. The van der Waals surface area contributed by atoms with Crippen LogP contribution in [0.25, 0.3) is 0 Å². The molecule has 0 aliphatic carbocycles. The van der Waals surface area contributed by atoms with Crippen molar-refractivity contribution in [2.75, 3.05) is 32.0 Å². The van der Waals surface area contributed by atoms with Crippen molar-refractivity contribution in [3.8, 4) is 0 Å². The number of nitrogen functional groups attached to an aromatic ring is 1. The van der Waals surface area contributed by atoms with Crippen LogP contribution in [0.4, 0.5) is 10.2 Å². The van der Waals surface area contributed by atoms with Crippen molar-refractivity contribution < 1.29 is 9.13 Å². The van der Waals surface area contributed by atoms with Gasteiger partial charge in [0.15, 0.2) is 0 Å². The van der Waals surface area contributed by atoms with Gasteiger partial charge in [0.25, 0.3) is 0 Å². The first-order valence-corrected chi connectivity index (χ1v) is 6.92. The molecule has 104 valence electrons. The number of likely N-dealkylation sites (tertiary alicyclic amines) is 1. The monoisotopic (exact) mass is 265 g/mol. The van der Waals surface area contributed by atoms with Crippen LogP contribution in [0, 0.1) is 0 Å². The van der Waals surface area contributed by atoms with E-state index in [4.69, 9.17) is 10.5 Å². The molecule has 0 aromatic carbocycles. The van der Waals surface area contributed by atoms with E-state index >= 15 is 0 Å². The summed E-state index contributed by atoms with van der Waals surface area (Å²) in [6, 6.07) is 3.90. The zero-order valence-electron chi connectivity index (χ0n) is 11.0. The first kappa shape index (κ1) is 12.8. The van der Waals surface area contributed by atoms with Gasteiger partial charge in [-0.1, -0.05) is 6.07 Å². The highest BCUT2D eigenvalue weighted by Crippen LogP contribution is 2.29. The summed E-state index contributed by atoms with van der Waals surface area (Å²) in [6.07, 6.45) is 0.966. The molecule has 0 radical (unpaired) electrons. The number of ether oxygens (including phenoxy) is 1. The molecule has 3 rings (SSSR count). The van der Waals surface area contributed by atoms with Crippen molar-refractivity contribution in [2.45, 2.75) is 31.5 Å². The van der Waals surface area contributed by atoms with Crippen LogP contribution < -0.4 is 5.73 Å². The van der Waals surface area contributed by atoms with Crippen LogP contribution in [0.15, 0.2) is 12.1 Å². The maximum atomic E-state index is 13.3. The van der Waals surface area contributed by atoms with Gasteiger partial charge in [-0.15, -0.1) is 0 Å². The van der Waals surface area contributed by atoms with Gasteiger partial charge in [-0.25, -0.2) is 9.37 Å². The zero-order valence-corrected chi connectivity index (χ0v) is 11.0. The van der Waals surface area contributed by atoms with Crippen molar-refractivity contribution in [3.05, 3.63) is 23.4 Å². The lowest BCUT2D eigenvalue weighted by Crippen LogP contribution is -2.23. The Morgan fingerprint density at radius 1 is 1.42 bits per heavy atom. The molecule has 1 unspecified atom stereocenters. The van der Waals surface area contributed by atoms with Crippen LogP contribution in [-0.2, 0) is 11.3 Å². The predicted octanol–water partition coefficient (Wildman–Crippen LogP) is 1.71. The number of pyridine rings is 1. The summed E-state index contributed by atoms with van der Waals surface area (Å²) in [5.74, 6) is 0.945. The molecule has 2 aliphatic heterocycles. The summed E-state index contributed by atoms with van der Waals surface area (Å²) in [4.78, 5) is 6.58. The number of aromatic nitrogens is 1. The number of nitrogens with two attached hydrogens (primary N) is 1. The molecule has 0 spiro atoms. The molecule has 2 saturated heterocycles. The summed E-state index contributed by atoms with van der Waals surface area (Å²) >= 11 is 0. The van der Waals surface area contributed by atoms with E-state index < -0.39 is 6.17 Å². The summed E-state index contributed by atoms with van der Waals surface area (Å²) in [7, 11) is 0. The van der Waals surface area contributed by atoms with E-state index in [1.807, 2.05) is 6.07 Å². The van der Waals surface area contributed by atoms with Gasteiger partial charge in [-0.05, 0) is 24.5 Å². The summed E-state index contributed by atoms with van der Waals surface area (Å²) in [5, 5.41) is 0. The zero-order chi connectivity index (χ0) is 13.2. The van der Waals surface area contributed by atoms with Crippen LogP contribution in [0.5, 0.6) is 0 Å².